The van der Waals surface area contributed by atoms with Gasteiger partial charge in [0.15, 0.2) is 5.69 Å². The molecule has 0 unspecified atom stereocenters. The number of aromatic nitrogens is 3. The van der Waals surface area contributed by atoms with Crippen LogP contribution in [-0.4, -0.2) is 20.2 Å². The molecule has 0 saturated heterocycles. The number of nitrogens with zero attached hydrogens (tertiary/aromatic N) is 3. The summed E-state index contributed by atoms with van der Waals surface area (Å²) in [5, 5.41) is 14.1. The molecule has 3 rings (SSSR count). The summed E-state index contributed by atoms with van der Waals surface area (Å²) in [5.74, 6) is 0.482. The Labute approximate surface area is 113 Å². The second-order valence-electron chi connectivity index (χ2n) is 3.77. The summed E-state index contributed by atoms with van der Waals surface area (Å²) in [6.45, 7) is 0. The molecule has 0 aliphatic heterocycles. The van der Waals surface area contributed by atoms with Crippen LogP contribution >= 0.6 is 11.6 Å². The Morgan fingerprint density at radius 3 is 2.74 bits per heavy atom. The minimum Gasteiger partial charge on any atom is -0.505 e. The van der Waals surface area contributed by atoms with E-state index in [1.807, 2.05) is 12.1 Å². The normalized spacial score (nSPS) is 10.6. The smallest absolute Gasteiger partial charge is 0.280 e. The Hall–Kier alpha value is -2.40. The number of hydrogen-bond donors (Lipinski definition) is 1. The fourth-order valence-electron chi connectivity index (χ4n) is 1.63. The molecular weight excluding hydrogens is 266 g/mol. The van der Waals surface area contributed by atoms with E-state index >= 15 is 0 Å². The molecule has 0 saturated carbocycles. The van der Waals surface area contributed by atoms with Crippen LogP contribution in [0.3, 0.4) is 0 Å². The molecule has 1 aromatic carbocycles. The lowest BCUT2D eigenvalue weighted by molar-refractivity contribution is 0.423. The lowest BCUT2D eigenvalue weighted by Crippen LogP contribution is -1.85. The predicted molar refractivity (Wildman–Crippen MR) is 69.6 cm³/mol. The van der Waals surface area contributed by atoms with E-state index in [0.29, 0.717) is 16.4 Å². The topological polar surface area (TPSA) is 72.0 Å². The van der Waals surface area contributed by atoms with Gasteiger partial charge in [-0.25, -0.2) is 4.98 Å². The van der Waals surface area contributed by atoms with Gasteiger partial charge in [-0.2, -0.15) is 4.98 Å². The highest BCUT2D eigenvalue weighted by Gasteiger charge is 2.16. The van der Waals surface area contributed by atoms with Gasteiger partial charge in [-0.15, -0.1) is 0 Å². The zero-order valence-corrected chi connectivity index (χ0v) is 10.4. The summed E-state index contributed by atoms with van der Waals surface area (Å²) in [7, 11) is 0. The second kappa shape index (κ2) is 4.70. The van der Waals surface area contributed by atoms with Gasteiger partial charge in [0.1, 0.15) is 5.75 Å². The predicted octanol–water partition coefficient (Wildman–Crippen LogP) is 3.16. The van der Waals surface area contributed by atoms with Gasteiger partial charge in [0.25, 0.3) is 5.89 Å². The Kier molecular flexibility index (Phi) is 2.89. The Morgan fingerprint density at radius 1 is 1.11 bits per heavy atom. The van der Waals surface area contributed by atoms with Crippen molar-refractivity contribution < 1.29 is 9.63 Å². The SMILES string of the molecule is Oc1cccnc1-c1nc(-c2ccccc2Cl)no1. The molecule has 5 nitrogen and oxygen atoms in total. The van der Waals surface area contributed by atoms with E-state index < -0.39 is 0 Å². The summed E-state index contributed by atoms with van der Waals surface area (Å²) >= 11 is 6.06. The molecule has 0 bridgehead atoms. The van der Waals surface area contributed by atoms with Crippen LogP contribution in [0.1, 0.15) is 0 Å². The monoisotopic (exact) mass is 273 g/mol. The van der Waals surface area contributed by atoms with E-state index in [2.05, 4.69) is 15.1 Å². The zero-order valence-electron chi connectivity index (χ0n) is 9.62. The van der Waals surface area contributed by atoms with Crippen LogP contribution in [0, 0.1) is 0 Å². The van der Waals surface area contributed by atoms with Crippen molar-refractivity contribution in [1.29, 1.82) is 0 Å². The molecule has 19 heavy (non-hydrogen) atoms. The molecule has 0 radical (unpaired) electrons. The van der Waals surface area contributed by atoms with E-state index in [1.54, 1.807) is 18.2 Å². The van der Waals surface area contributed by atoms with E-state index in [9.17, 15) is 5.11 Å². The van der Waals surface area contributed by atoms with Crippen molar-refractivity contribution in [3.8, 4) is 28.7 Å². The molecule has 6 heteroatoms. The van der Waals surface area contributed by atoms with Crippen molar-refractivity contribution in [2.75, 3.05) is 0 Å². The number of halogens is 1. The summed E-state index contributed by atoms with van der Waals surface area (Å²) < 4.78 is 5.10. The first-order chi connectivity index (χ1) is 9.25. The van der Waals surface area contributed by atoms with Gasteiger partial charge < -0.3 is 9.63 Å². The summed E-state index contributed by atoms with van der Waals surface area (Å²) in [5.41, 5.74) is 0.905. The molecule has 0 amide bonds. The van der Waals surface area contributed by atoms with Crippen LogP contribution in [0.15, 0.2) is 47.1 Å². The first-order valence-corrected chi connectivity index (χ1v) is 5.86. The summed E-state index contributed by atoms with van der Waals surface area (Å²) in [6.07, 6.45) is 1.54. The number of pyridine rings is 1. The lowest BCUT2D eigenvalue weighted by atomic mass is 10.2. The molecule has 0 aliphatic carbocycles. The Balaban J connectivity index is 2.06. The van der Waals surface area contributed by atoms with Crippen LogP contribution < -0.4 is 0 Å². The van der Waals surface area contributed by atoms with Crippen LogP contribution in [0.2, 0.25) is 5.02 Å². The lowest BCUT2D eigenvalue weighted by Gasteiger charge is -1.97. The van der Waals surface area contributed by atoms with Gasteiger partial charge in [-0.05, 0) is 24.3 Å². The molecule has 0 aliphatic rings. The van der Waals surface area contributed by atoms with Crippen molar-refractivity contribution in [3.63, 3.8) is 0 Å². The van der Waals surface area contributed by atoms with Crippen molar-refractivity contribution >= 4 is 11.6 Å². The van der Waals surface area contributed by atoms with E-state index in [-0.39, 0.29) is 17.3 Å². The number of aromatic hydroxyl groups is 1. The van der Waals surface area contributed by atoms with Crippen molar-refractivity contribution in [3.05, 3.63) is 47.6 Å². The molecule has 1 N–H and O–H groups in total. The first kappa shape index (κ1) is 11.7. The molecule has 0 fully saturated rings. The number of rotatable bonds is 2. The molecule has 2 aromatic heterocycles. The fourth-order valence-corrected chi connectivity index (χ4v) is 1.85. The third-order valence-corrected chi connectivity index (χ3v) is 2.86. The fraction of sp³-hybridized carbons (Fsp3) is 0. The third-order valence-electron chi connectivity index (χ3n) is 2.53. The average molecular weight is 274 g/mol. The van der Waals surface area contributed by atoms with E-state index in [1.165, 1.54) is 12.3 Å². The van der Waals surface area contributed by atoms with Crippen molar-refractivity contribution in [2.24, 2.45) is 0 Å². The largest absolute Gasteiger partial charge is 0.505 e. The number of hydrogen-bond acceptors (Lipinski definition) is 5. The van der Waals surface area contributed by atoms with Crippen LogP contribution in [0.25, 0.3) is 23.0 Å². The van der Waals surface area contributed by atoms with Crippen LogP contribution in [0.4, 0.5) is 0 Å². The van der Waals surface area contributed by atoms with Gasteiger partial charge in [-0.1, -0.05) is 28.9 Å². The molecule has 94 valence electrons. The maximum atomic E-state index is 9.68. The Morgan fingerprint density at radius 2 is 1.95 bits per heavy atom. The highest BCUT2D eigenvalue weighted by Crippen LogP contribution is 2.29. The van der Waals surface area contributed by atoms with Gasteiger partial charge >= 0.3 is 0 Å². The minimum atomic E-state index is -0.0168. The van der Waals surface area contributed by atoms with Crippen molar-refractivity contribution in [2.45, 2.75) is 0 Å². The molecule has 0 spiro atoms. The Bertz CT molecular complexity index is 667. The summed E-state index contributed by atoms with van der Waals surface area (Å²) in [4.78, 5) is 8.19. The maximum Gasteiger partial charge on any atom is 0.280 e. The standard InChI is InChI=1S/C13H8ClN3O2/c14-9-5-2-1-4-8(9)12-16-13(19-17-12)11-10(18)6-3-7-15-11/h1-7,18H. The molecule has 0 atom stereocenters. The highest BCUT2D eigenvalue weighted by molar-refractivity contribution is 6.33. The third kappa shape index (κ3) is 2.15. The van der Waals surface area contributed by atoms with Gasteiger partial charge in [0.2, 0.25) is 5.82 Å². The maximum absolute atomic E-state index is 9.68. The van der Waals surface area contributed by atoms with E-state index in [0.717, 1.165) is 0 Å². The number of benzene rings is 1. The molecule has 3 aromatic rings. The second-order valence-corrected chi connectivity index (χ2v) is 4.18. The summed E-state index contributed by atoms with van der Waals surface area (Å²) in [6, 6.07) is 10.3. The van der Waals surface area contributed by atoms with Crippen LogP contribution in [0.5, 0.6) is 5.75 Å². The molecular formula is C13H8ClN3O2. The van der Waals surface area contributed by atoms with Crippen LogP contribution in [-0.2, 0) is 0 Å². The van der Waals surface area contributed by atoms with Gasteiger partial charge in [0.05, 0.1) is 5.02 Å². The van der Waals surface area contributed by atoms with Crippen molar-refractivity contribution in [1.82, 2.24) is 15.1 Å². The average Bonchev–Trinajstić information content (AvgIpc) is 2.89. The first-order valence-electron chi connectivity index (χ1n) is 5.48. The minimum absolute atomic E-state index is 0.0168. The highest BCUT2D eigenvalue weighted by atomic mass is 35.5. The van der Waals surface area contributed by atoms with E-state index in [4.69, 9.17) is 16.1 Å². The van der Waals surface area contributed by atoms with Gasteiger partial charge in [-0.3, -0.25) is 0 Å². The molecule has 2 heterocycles. The van der Waals surface area contributed by atoms with Gasteiger partial charge in [0, 0.05) is 11.8 Å². The quantitative estimate of drug-likeness (QED) is 0.776. The zero-order chi connectivity index (χ0) is 13.2.